The van der Waals surface area contributed by atoms with Gasteiger partial charge in [-0.1, -0.05) is 30.3 Å². The number of rotatable bonds is 5. The van der Waals surface area contributed by atoms with E-state index in [2.05, 4.69) is 40.8 Å². The number of benzene rings is 1. The number of thiophene rings is 1. The van der Waals surface area contributed by atoms with Gasteiger partial charge in [0.15, 0.2) is 5.96 Å². The number of nitrogens with zero attached hydrogens (tertiary/aromatic N) is 1. The van der Waals surface area contributed by atoms with E-state index in [4.69, 9.17) is 5.73 Å². The van der Waals surface area contributed by atoms with Crippen molar-refractivity contribution < 1.29 is 0 Å². The number of aryl methyl sites for hydroxylation is 1. The molecule has 3 N–H and O–H groups in total. The second-order valence-corrected chi connectivity index (χ2v) is 5.39. The van der Waals surface area contributed by atoms with Crippen LogP contribution in [0.1, 0.15) is 16.0 Å². The van der Waals surface area contributed by atoms with Gasteiger partial charge in [-0.3, -0.25) is 0 Å². The van der Waals surface area contributed by atoms with Gasteiger partial charge in [0.05, 0.1) is 6.54 Å². The minimum absolute atomic E-state index is 0. The van der Waals surface area contributed by atoms with Crippen molar-refractivity contribution in [3.05, 3.63) is 57.8 Å². The predicted octanol–water partition coefficient (Wildman–Crippen LogP) is 3.32. The lowest BCUT2D eigenvalue weighted by Crippen LogP contribution is -2.33. The van der Waals surface area contributed by atoms with Gasteiger partial charge in [0.2, 0.25) is 0 Å². The minimum atomic E-state index is 0. The Hall–Kier alpha value is -1.08. The van der Waals surface area contributed by atoms with E-state index >= 15 is 0 Å². The zero-order valence-electron chi connectivity index (χ0n) is 11.5. The molecule has 0 saturated heterocycles. The number of halogens is 1. The van der Waals surface area contributed by atoms with E-state index in [0.717, 1.165) is 13.0 Å². The van der Waals surface area contributed by atoms with E-state index in [9.17, 15) is 0 Å². The van der Waals surface area contributed by atoms with E-state index in [0.29, 0.717) is 12.5 Å². The molecule has 1 aromatic carbocycles. The molecule has 2 aromatic rings. The standard InChI is InChI=1S/C15H19N3S.HI/c1-12-8-10-19-14(12)11-18-15(16)17-9-7-13-5-3-2-4-6-13;/h2-6,8,10H,7,9,11H2,1H3,(H3,16,17,18);1H. The van der Waals surface area contributed by atoms with Crippen molar-refractivity contribution in [2.24, 2.45) is 10.7 Å². The van der Waals surface area contributed by atoms with Gasteiger partial charge >= 0.3 is 0 Å². The van der Waals surface area contributed by atoms with E-state index in [1.807, 2.05) is 18.2 Å². The summed E-state index contributed by atoms with van der Waals surface area (Å²) in [7, 11) is 0. The smallest absolute Gasteiger partial charge is 0.188 e. The molecule has 108 valence electrons. The summed E-state index contributed by atoms with van der Waals surface area (Å²) in [4.78, 5) is 5.62. The van der Waals surface area contributed by atoms with Crippen LogP contribution in [0.2, 0.25) is 0 Å². The highest BCUT2D eigenvalue weighted by Crippen LogP contribution is 2.16. The van der Waals surface area contributed by atoms with E-state index < -0.39 is 0 Å². The van der Waals surface area contributed by atoms with Crippen LogP contribution in [0.25, 0.3) is 0 Å². The van der Waals surface area contributed by atoms with Gasteiger partial charge in [-0.05, 0) is 35.9 Å². The van der Waals surface area contributed by atoms with Crippen molar-refractivity contribution in [1.29, 1.82) is 0 Å². The van der Waals surface area contributed by atoms with Crippen LogP contribution in [0.3, 0.4) is 0 Å². The molecule has 0 bridgehead atoms. The monoisotopic (exact) mass is 401 g/mol. The Balaban J connectivity index is 0.00000200. The van der Waals surface area contributed by atoms with E-state index in [-0.39, 0.29) is 24.0 Å². The molecule has 5 heteroatoms. The summed E-state index contributed by atoms with van der Waals surface area (Å²) in [6.07, 6.45) is 0.953. The first-order valence-electron chi connectivity index (χ1n) is 6.36. The zero-order valence-corrected chi connectivity index (χ0v) is 14.7. The minimum Gasteiger partial charge on any atom is -0.370 e. The van der Waals surface area contributed by atoms with Crippen LogP contribution >= 0.6 is 35.3 Å². The second-order valence-electron chi connectivity index (χ2n) is 4.39. The third-order valence-corrected chi connectivity index (χ3v) is 3.93. The maximum Gasteiger partial charge on any atom is 0.188 e. The molecule has 0 aliphatic carbocycles. The first-order valence-corrected chi connectivity index (χ1v) is 7.24. The van der Waals surface area contributed by atoms with Gasteiger partial charge in [-0.25, -0.2) is 4.99 Å². The molecule has 0 radical (unpaired) electrons. The van der Waals surface area contributed by atoms with Crippen LogP contribution in [-0.2, 0) is 13.0 Å². The summed E-state index contributed by atoms with van der Waals surface area (Å²) < 4.78 is 0. The molecular formula is C15H20IN3S. The van der Waals surface area contributed by atoms with Crippen molar-refractivity contribution in [1.82, 2.24) is 5.32 Å². The Morgan fingerprint density at radius 3 is 2.65 bits per heavy atom. The SMILES string of the molecule is Cc1ccsc1CN=C(N)NCCc1ccccc1.I. The normalized spacial score (nSPS) is 10.9. The molecule has 3 nitrogen and oxygen atoms in total. The third-order valence-electron chi connectivity index (χ3n) is 2.92. The van der Waals surface area contributed by atoms with Gasteiger partial charge in [0, 0.05) is 11.4 Å². The Labute approximate surface area is 141 Å². The molecule has 2 rings (SSSR count). The van der Waals surface area contributed by atoms with Gasteiger partial charge in [0.25, 0.3) is 0 Å². The van der Waals surface area contributed by atoms with Crippen molar-refractivity contribution in [3.8, 4) is 0 Å². The van der Waals surface area contributed by atoms with Crippen LogP contribution in [0.4, 0.5) is 0 Å². The van der Waals surface area contributed by atoms with Crippen molar-refractivity contribution in [3.63, 3.8) is 0 Å². The average molecular weight is 401 g/mol. The first kappa shape index (κ1) is 17.0. The maximum absolute atomic E-state index is 5.85. The molecule has 0 spiro atoms. The lowest BCUT2D eigenvalue weighted by Gasteiger charge is -2.05. The molecule has 0 fully saturated rings. The number of nitrogens with one attached hydrogen (secondary N) is 1. The predicted molar refractivity (Wildman–Crippen MR) is 97.9 cm³/mol. The second kappa shape index (κ2) is 8.97. The highest BCUT2D eigenvalue weighted by Gasteiger charge is 1.99. The van der Waals surface area contributed by atoms with Crippen molar-refractivity contribution in [2.75, 3.05) is 6.54 Å². The summed E-state index contributed by atoms with van der Waals surface area (Å²) in [5.41, 5.74) is 8.43. The van der Waals surface area contributed by atoms with Crippen LogP contribution in [0.5, 0.6) is 0 Å². The fourth-order valence-electron chi connectivity index (χ4n) is 1.76. The molecule has 20 heavy (non-hydrogen) atoms. The van der Waals surface area contributed by atoms with Gasteiger partial charge in [-0.15, -0.1) is 35.3 Å². The number of aliphatic imine (C=N–C) groups is 1. The summed E-state index contributed by atoms with van der Waals surface area (Å²) in [5.74, 6) is 0.517. The molecule has 1 heterocycles. The quantitative estimate of drug-likeness (QED) is 0.459. The summed E-state index contributed by atoms with van der Waals surface area (Å²) in [5, 5.41) is 5.23. The van der Waals surface area contributed by atoms with E-state index in [1.54, 1.807) is 11.3 Å². The number of hydrogen-bond donors (Lipinski definition) is 2. The summed E-state index contributed by atoms with van der Waals surface area (Å²) in [6.45, 7) is 3.57. The summed E-state index contributed by atoms with van der Waals surface area (Å²) in [6, 6.07) is 12.5. The topological polar surface area (TPSA) is 50.4 Å². The van der Waals surface area contributed by atoms with Crippen LogP contribution in [0.15, 0.2) is 46.8 Å². The Bertz CT molecular complexity index is 537. The fourth-order valence-corrected chi connectivity index (χ4v) is 2.59. The average Bonchev–Trinajstić information content (AvgIpc) is 2.83. The Kier molecular flexibility index (Phi) is 7.61. The molecule has 0 unspecified atom stereocenters. The Morgan fingerprint density at radius 1 is 1.25 bits per heavy atom. The van der Waals surface area contributed by atoms with Crippen LogP contribution in [0, 0.1) is 6.92 Å². The fraction of sp³-hybridized carbons (Fsp3) is 0.267. The zero-order chi connectivity index (χ0) is 13.5. The van der Waals surface area contributed by atoms with E-state index in [1.165, 1.54) is 16.0 Å². The molecule has 0 atom stereocenters. The van der Waals surface area contributed by atoms with Gasteiger partial charge in [0.1, 0.15) is 0 Å². The highest BCUT2D eigenvalue weighted by molar-refractivity contribution is 14.0. The molecule has 0 aliphatic heterocycles. The van der Waals surface area contributed by atoms with Crippen molar-refractivity contribution in [2.45, 2.75) is 19.9 Å². The lowest BCUT2D eigenvalue weighted by atomic mass is 10.1. The molecule has 1 aromatic heterocycles. The van der Waals surface area contributed by atoms with Crippen molar-refractivity contribution >= 4 is 41.3 Å². The number of hydrogen-bond acceptors (Lipinski definition) is 2. The highest BCUT2D eigenvalue weighted by atomic mass is 127. The number of guanidine groups is 1. The van der Waals surface area contributed by atoms with Crippen LogP contribution in [-0.4, -0.2) is 12.5 Å². The molecule has 0 saturated carbocycles. The number of nitrogens with two attached hydrogens (primary N) is 1. The lowest BCUT2D eigenvalue weighted by molar-refractivity contribution is 0.849. The third kappa shape index (κ3) is 5.50. The molecular weight excluding hydrogens is 381 g/mol. The maximum atomic E-state index is 5.85. The largest absolute Gasteiger partial charge is 0.370 e. The molecule has 0 amide bonds. The van der Waals surface area contributed by atoms with Crippen LogP contribution < -0.4 is 11.1 Å². The Morgan fingerprint density at radius 2 is 2.00 bits per heavy atom. The summed E-state index contributed by atoms with van der Waals surface area (Å²) >= 11 is 1.72. The van der Waals surface area contributed by atoms with Gasteiger partial charge < -0.3 is 11.1 Å². The molecule has 0 aliphatic rings. The first-order chi connectivity index (χ1) is 9.25. The van der Waals surface area contributed by atoms with Gasteiger partial charge in [-0.2, -0.15) is 0 Å².